The van der Waals surface area contributed by atoms with Gasteiger partial charge in [0.15, 0.2) is 5.65 Å². The van der Waals surface area contributed by atoms with Crippen LogP contribution in [0.5, 0.6) is 5.88 Å². The highest BCUT2D eigenvalue weighted by molar-refractivity contribution is 6.32. The molecule has 3 aromatic heterocycles. The van der Waals surface area contributed by atoms with Crippen molar-refractivity contribution < 1.29 is 9.53 Å². The minimum Gasteiger partial charge on any atom is -0.480 e. The maximum atomic E-state index is 12.4. The topological polar surface area (TPSA) is 93.4 Å². The Bertz CT molecular complexity index is 973. The second kappa shape index (κ2) is 7.35. The third kappa shape index (κ3) is 3.66. The van der Waals surface area contributed by atoms with Crippen LogP contribution in [0.3, 0.4) is 0 Å². The van der Waals surface area contributed by atoms with Crippen molar-refractivity contribution in [3.63, 3.8) is 0 Å². The number of hydrogen-bond acceptors (Lipinski definition) is 5. The summed E-state index contributed by atoms with van der Waals surface area (Å²) >= 11 is 12.0. The molecule has 0 aliphatic rings. The van der Waals surface area contributed by atoms with Crippen LogP contribution in [0.1, 0.15) is 25.3 Å². The number of nitrogens with one attached hydrogen (secondary N) is 2. The summed E-state index contributed by atoms with van der Waals surface area (Å²) in [5.41, 5.74) is 2.39. The molecular weight excluding hydrogens is 379 g/mol. The highest BCUT2D eigenvalue weighted by Crippen LogP contribution is 2.29. The van der Waals surface area contributed by atoms with Crippen molar-refractivity contribution in [3.05, 3.63) is 40.4 Å². The molecule has 0 radical (unpaired) electrons. The first kappa shape index (κ1) is 18.2. The van der Waals surface area contributed by atoms with Crippen LogP contribution in [0.4, 0.5) is 16.2 Å². The van der Waals surface area contributed by atoms with Crippen molar-refractivity contribution in [2.24, 2.45) is 0 Å². The van der Waals surface area contributed by atoms with Crippen molar-refractivity contribution in [2.75, 3.05) is 17.7 Å². The zero-order valence-corrected chi connectivity index (χ0v) is 15.8. The lowest BCUT2D eigenvalue weighted by molar-refractivity contribution is 0.262. The maximum absolute atomic E-state index is 12.4. The Morgan fingerprint density at radius 1 is 1.27 bits per heavy atom. The van der Waals surface area contributed by atoms with Gasteiger partial charge in [-0.2, -0.15) is 5.10 Å². The van der Waals surface area contributed by atoms with Gasteiger partial charge in [0.2, 0.25) is 5.88 Å². The number of aromatic nitrogens is 4. The number of ether oxygens (including phenoxy) is 1. The first-order valence-electron chi connectivity index (χ1n) is 7.70. The Kier molecular flexibility index (Phi) is 5.15. The van der Waals surface area contributed by atoms with E-state index in [1.807, 2.05) is 13.8 Å². The molecule has 2 N–H and O–H groups in total. The number of nitrogens with zero attached hydrogens (tertiary/aromatic N) is 4. The molecule has 0 unspecified atom stereocenters. The Morgan fingerprint density at radius 2 is 2.04 bits per heavy atom. The van der Waals surface area contributed by atoms with Gasteiger partial charge in [-0.15, -0.1) is 0 Å². The molecule has 2 amide bonds. The van der Waals surface area contributed by atoms with E-state index in [9.17, 15) is 4.79 Å². The summed E-state index contributed by atoms with van der Waals surface area (Å²) in [6.45, 7) is 3.99. The lowest BCUT2D eigenvalue weighted by Gasteiger charge is -2.15. The van der Waals surface area contributed by atoms with Gasteiger partial charge in [0.1, 0.15) is 10.2 Å². The van der Waals surface area contributed by atoms with E-state index < -0.39 is 6.03 Å². The van der Waals surface area contributed by atoms with Gasteiger partial charge >= 0.3 is 6.03 Å². The number of pyridine rings is 1. The fraction of sp³-hybridized carbons (Fsp3) is 0.250. The summed E-state index contributed by atoms with van der Waals surface area (Å²) in [6, 6.07) is 1.09. The molecule has 8 nitrogen and oxygen atoms in total. The van der Waals surface area contributed by atoms with Crippen LogP contribution in [0.25, 0.3) is 5.65 Å². The van der Waals surface area contributed by atoms with Crippen LogP contribution in [0.15, 0.2) is 24.7 Å². The number of halogens is 2. The predicted molar refractivity (Wildman–Crippen MR) is 101 cm³/mol. The minimum atomic E-state index is -0.460. The Hall–Kier alpha value is -2.58. The fourth-order valence-electron chi connectivity index (χ4n) is 2.52. The zero-order valence-electron chi connectivity index (χ0n) is 14.2. The average Bonchev–Trinajstić information content (AvgIpc) is 2.94. The highest BCUT2D eigenvalue weighted by Gasteiger charge is 2.17. The van der Waals surface area contributed by atoms with Crippen molar-refractivity contribution >= 4 is 46.3 Å². The van der Waals surface area contributed by atoms with E-state index in [2.05, 4.69) is 25.7 Å². The predicted octanol–water partition coefficient (Wildman–Crippen LogP) is 4.21. The molecule has 0 saturated carbocycles. The molecule has 136 valence electrons. The van der Waals surface area contributed by atoms with E-state index in [4.69, 9.17) is 27.9 Å². The number of urea groups is 1. The molecule has 10 heteroatoms. The van der Waals surface area contributed by atoms with Crippen LogP contribution < -0.4 is 15.4 Å². The van der Waals surface area contributed by atoms with E-state index in [0.29, 0.717) is 27.2 Å². The Morgan fingerprint density at radius 3 is 2.69 bits per heavy atom. The first-order chi connectivity index (χ1) is 12.4. The minimum absolute atomic E-state index is 0.0892. The Labute approximate surface area is 159 Å². The third-order valence-electron chi connectivity index (χ3n) is 3.59. The normalized spacial score (nSPS) is 11.0. The van der Waals surface area contributed by atoms with E-state index in [-0.39, 0.29) is 11.8 Å². The average molecular weight is 395 g/mol. The standard InChI is InChI=1S/C16H16Cl2N6O2/c1-8(2)13-11(6-20-24-7-12(18)23-14(13)24)22-16(25)21-9-4-10(17)15(26-3)19-5-9/h4-8H,1-3H3,(H2,21,22,25). The van der Waals surface area contributed by atoms with Gasteiger partial charge < -0.3 is 15.4 Å². The monoisotopic (exact) mass is 394 g/mol. The van der Waals surface area contributed by atoms with Crippen molar-refractivity contribution in [1.29, 1.82) is 0 Å². The molecule has 3 aromatic rings. The highest BCUT2D eigenvalue weighted by atomic mass is 35.5. The van der Waals surface area contributed by atoms with Gasteiger partial charge in [-0.3, -0.25) is 0 Å². The van der Waals surface area contributed by atoms with Gasteiger partial charge in [-0.1, -0.05) is 37.0 Å². The van der Waals surface area contributed by atoms with Crippen molar-refractivity contribution in [1.82, 2.24) is 19.6 Å². The molecule has 3 heterocycles. The zero-order chi connectivity index (χ0) is 18.8. The van der Waals surface area contributed by atoms with Gasteiger partial charge in [0, 0.05) is 5.56 Å². The summed E-state index contributed by atoms with van der Waals surface area (Å²) < 4.78 is 6.56. The summed E-state index contributed by atoms with van der Waals surface area (Å²) in [5.74, 6) is 0.372. The fourth-order valence-corrected chi connectivity index (χ4v) is 2.94. The lowest BCUT2D eigenvalue weighted by Crippen LogP contribution is -2.21. The molecule has 0 atom stereocenters. The Balaban J connectivity index is 1.85. The lowest BCUT2D eigenvalue weighted by atomic mass is 10.0. The number of carbonyl (C=O) groups excluding carboxylic acids is 1. The molecular formula is C16H16Cl2N6O2. The van der Waals surface area contributed by atoms with Crippen LogP contribution in [0.2, 0.25) is 10.2 Å². The van der Waals surface area contributed by atoms with E-state index in [0.717, 1.165) is 5.56 Å². The molecule has 26 heavy (non-hydrogen) atoms. The van der Waals surface area contributed by atoms with E-state index in [1.165, 1.54) is 13.3 Å². The van der Waals surface area contributed by atoms with Crippen LogP contribution in [0, 0.1) is 0 Å². The number of methoxy groups -OCH3 is 1. The number of fused-ring (bicyclic) bond motifs is 1. The largest absolute Gasteiger partial charge is 0.480 e. The van der Waals surface area contributed by atoms with Crippen LogP contribution >= 0.6 is 23.2 Å². The molecule has 3 rings (SSSR count). The van der Waals surface area contributed by atoms with Crippen LogP contribution in [-0.2, 0) is 0 Å². The summed E-state index contributed by atoms with van der Waals surface area (Å²) in [7, 11) is 1.46. The smallest absolute Gasteiger partial charge is 0.323 e. The quantitative estimate of drug-likeness (QED) is 0.691. The number of amides is 2. The first-order valence-corrected chi connectivity index (χ1v) is 8.46. The van der Waals surface area contributed by atoms with E-state index in [1.54, 1.807) is 23.0 Å². The molecule has 0 spiro atoms. The number of rotatable bonds is 4. The third-order valence-corrected chi connectivity index (χ3v) is 4.04. The number of imidazole rings is 1. The van der Waals surface area contributed by atoms with Crippen molar-refractivity contribution in [2.45, 2.75) is 19.8 Å². The molecule has 0 saturated heterocycles. The van der Waals surface area contributed by atoms with Gasteiger partial charge in [-0.25, -0.2) is 19.3 Å². The molecule has 0 aromatic carbocycles. The maximum Gasteiger partial charge on any atom is 0.323 e. The molecule has 0 aliphatic heterocycles. The second-order valence-electron chi connectivity index (χ2n) is 5.75. The van der Waals surface area contributed by atoms with E-state index >= 15 is 0 Å². The second-order valence-corrected chi connectivity index (χ2v) is 6.55. The van der Waals surface area contributed by atoms with Gasteiger partial charge in [0.25, 0.3) is 0 Å². The summed E-state index contributed by atoms with van der Waals surface area (Å²) in [5, 5.41) is 10.3. The van der Waals surface area contributed by atoms with Gasteiger partial charge in [-0.05, 0) is 12.0 Å². The molecule has 0 aliphatic carbocycles. The number of anilines is 2. The number of hydrogen-bond donors (Lipinski definition) is 2. The van der Waals surface area contributed by atoms with Crippen LogP contribution in [-0.4, -0.2) is 32.7 Å². The molecule has 0 fully saturated rings. The molecule has 0 bridgehead atoms. The van der Waals surface area contributed by atoms with Crippen molar-refractivity contribution in [3.8, 4) is 5.88 Å². The summed E-state index contributed by atoms with van der Waals surface area (Å²) in [4.78, 5) is 20.6. The summed E-state index contributed by atoms with van der Waals surface area (Å²) in [6.07, 6.45) is 4.61. The number of carbonyl (C=O) groups is 1. The van der Waals surface area contributed by atoms with Gasteiger partial charge in [0.05, 0.1) is 37.1 Å². The SMILES string of the molecule is COc1ncc(NC(=O)Nc2cnn3cc(Cl)nc3c2C(C)C)cc1Cl.